The number of nitrogens with one attached hydrogen (secondary N) is 2. The lowest BCUT2D eigenvalue weighted by molar-refractivity contribution is -0.120. The van der Waals surface area contributed by atoms with Crippen molar-refractivity contribution in [3.05, 3.63) is 64.8 Å². The van der Waals surface area contributed by atoms with E-state index < -0.39 is 40.7 Å². The van der Waals surface area contributed by atoms with E-state index in [0.717, 1.165) is 5.56 Å². The number of carbonyl (C=O) groups is 1. The highest BCUT2D eigenvalue weighted by Gasteiger charge is 2.26. The topological polar surface area (TPSA) is 80.0 Å². The summed E-state index contributed by atoms with van der Waals surface area (Å²) < 4.78 is 71.3. The van der Waals surface area contributed by atoms with Gasteiger partial charge in [-0.25, -0.2) is 22.0 Å². The minimum atomic E-state index is -2.29. The predicted molar refractivity (Wildman–Crippen MR) is 90.8 cm³/mol. The van der Waals surface area contributed by atoms with Gasteiger partial charge in [-0.3, -0.25) is 15.6 Å². The van der Waals surface area contributed by atoms with Gasteiger partial charge in [0.25, 0.3) is 0 Å². The van der Waals surface area contributed by atoms with Crippen molar-refractivity contribution in [2.45, 2.75) is 19.8 Å². The standard InChI is InChI=1S/C18H13F5N4O2/c1-8-2-4-9(5-3-8)18-24-11(29-27-18)7-6-10(28)25-26-17-15(22)13(20)12(19)14(21)16(17)23/h2-5,26H,6-7H2,1H3,(H,25,28). The molecule has 0 aliphatic heterocycles. The van der Waals surface area contributed by atoms with Crippen LogP contribution in [0.3, 0.4) is 0 Å². The second kappa shape index (κ2) is 8.25. The quantitative estimate of drug-likeness (QED) is 0.279. The Morgan fingerprint density at radius 2 is 1.55 bits per heavy atom. The molecule has 3 aromatic rings. The number of hydrogen-bond donors (Lipinski definition) is 2. The van der Waals surface area contributed by atoms with Crippen LogP contribution >= 0.6 is 0 Å². The Hall–Kier alpha value is -3.50. The molecule has 0 atom stereocenters. The first-order valence-corrected chi connectivity index (χ1v) is 8.24. The number of nitrogens with zero attached hydrogens (tertiary/aromatic N) is 2. The van der Waals surface area contributed by atoms with Gasteiger partial charge < -0.3 is 4.52 Å². The fourth-order valence-corrected chi connectivity index (χ4v) is 2.31. The molecule has 0 aliphatic carbocycles. The fraction of sp³-hybridized carbons (Fsp3) is 0.167. The Bertz CT molecular complexity index is 1020. The van der Waals surface area contributed by atoms with E-state index in [4.69, 9.17) is 4.52 Å². The Labute approximate surface area is 160 Å². The van der Waals surface area contributed by atoms with Crippen molar-refractivity contribution in [2.75, 3.05) is 5.43 Å². The number of hydrazine groups is 1. The number of hydrogen-bond acceptors (Lipinski definition) is 5. The van der Waals surface area contributed by atoms with Gasteiger partial charge in [0, 0.05) is 18.4 Å². The number of anilines is 1. The molecular weight excluding hydrogens is 399 g/mol. The monoisotopic (exact) mass is 412 g/mol. The summed E-state index contributed by atoms with van der Waals surface area (Å²) in [4.78, 5) is 15.9. The fourth-order valence-electron chi connectivity index (χ4n) is 2.31. The molecule has 0 bridgehead atoms. The molecule has 1 aromatic heterocycles. The van der Waals surface area contributed by atoms with Crippen molar-refractivity contribution in [2.24, 2.45) is 0 Å². The molecule has 0 saturated heterocycles. The first kappa shape index (κ1) is 20.2. The van der Waals surface area contributed by atoms with Crippen LogP contribution in [0.2, 0.25) is 0 Å². The first-order chi connectivity index (χ1) is 13.8. The predicted octanol–water partition coefficient (Wildman–Crippen LogP) is 3.82. The van der Waals surface area contributed by atoms with Gasteiger partial charge >= 0.3 is 0 Å². The molecule has 0 saturated carbocycles. The maximum Gasteiger partial charge on any atom is 0.238 e. The number of rotatable bonds is 6. The van der Waals surface area contributed by atoms with Crippen LogP contribution in [-0.4, -0.2) is 16.0 Å². The van der Waals surface area contributed by atoms with Gasteiger partial charge in [0.15, 0.2) is 23.3 Å². The van der Waals surface area contributed by atoms with Crippen LogP contribution in [0.15, 0.2) is 28.8 Å². The second-order valence-corrected chi connectivity index (χ2v) is 6.00. The molecule has 3 rings (SSSR count). The average molecular weight is 412 g/mol. The normalized spacial score (nSPS) is 10.8. The molecule has 1 amide bonds. The minimum absolute atomic E-state index is 0.0104. The van der Waals surface area contributed by atoms with E-state index in [9.17, 15) is 26.7 Å². The van der Waals surface area contributed by atoms with Crippen LogP contribution in [0.4, 0.5) is 27.6 Å². The summed E-state index contributed by atoms with van der Waals surface area (Å²) in [6.45, 7) is 1.92. The zero-order valence-electron chi connectivity index (χ0n) is 14.8. The highest BCUT2D eigenvalue weighted by Crippen LogP contribution is 2.26. The molecule has 0 aliphatic rings. The van der Waals surface area contributed by atoms with Crippen LogP contribution in [0, 0.1) is 36.0 Å². The summed E-state index contributed by atoms with van der Waals surface area (Å²) >= 11 is 0. The Kier molecular flexibility index (Phi) is 5.76. The molecule has 0 radical (unpaired) electrons. The van der Waals surface area contributed by atoms with Crippen LogP contribution < -0.4 is 10.9 Å². The molecule has 29 heavy (non-hydrogen) atoms. The molecular formula is C18H13F5N4O2. The zero-order valence-corrected chi connectivity index (χ0v) is 14.8. The number of aryl methyl sites for hydroxylation is 2. The third-order valence-electron chi connectivity index (χ3n) is 3.88. The molecule has 6 nitrogen and oxygen atoms in total. The van der Waals surface area contributed by atoms with Gasteiger partial charge in [-0.2, -0.15) is 4.98 Å². The van der Waals surface area contributed by atoms with Gasteiger partial charge in [-0.15, -0.1) is 0 Å². The summed E-state index contributed by atoms with van der Waals surface area (Å²) in [6, 6.07) is 7.32. The Balaban J connectivity index is 1.58. The van der Waals surface area contributed by atoms with Crippen molar-refractivity contribution in [1.29, 1.82) is 0 Å². The highest BCUT2D eigenvalue weighted by molar-refractivity contribution is 5.77. The minimum Gasteiger partial charge on any atom is -0.339 e. The molecule has 152 valence electrons. The smallest absolute Gasteiger partial charge is 0.238 e. The van der Waals surface area contributed by atoms with Crippen LogP contribution in [-0.2, 0) is 11.2 Å². The average Bonchev–Trinajstić information content (AvgIpc) is 3.19. The summed E-state index contributed by atoms with van der Waals surface area (Å²) in [7, 11) is 0. The number of halogens is 5. The van der Waals surface area contributed by atoms with Crippen molar-refractivity contribution < 1.29 is 31.3 Å². The zero-order chi connectivity index (χ0) is 21.1. The summed E-state index contributed by atoms with van der Waals surface area (Å²) in [5.74, 6) is -11.1. The number of benzene rings is 2. The number of amides is 1. The van der Waals surface area contributed by atoms with Crippen LogP contribution in [0.25, 0.3) is 11.4 Å². The Morgan fingerprint density at radius 1 is 0.966 bits per heavy atom. The van der Waals surface area contributed by atoms with Gasteiger partial charge in [-0.05, 0) is 6.92 Å². The lowest BCUT2D eigenvalue weighted by Gasteiger charge is -2.11. The number of aromatic nitrogens is 2. The van der Waals surface area contributed by atoms with E-state index in [2.05, 4.69) is 10.1 Å². The molecule has 2 aromatic carbocycles. The van der Waals surface area contributed by atoms with E-state index in [-0.39, 0.29) is 18.7 Å². The van der Waals surface area contributed by atoms with Crippen molar-refractivity contribution in [3.8, 4) is 11.4 Å². The van der Waals surface area contributed by atoms with Gasteiger partial charge in [0.05, 0.1) is 0 Å². The molecule has 1 heterocycles. The lowest BCUT2D eigenvalue weighted by Crippen LogP contribution is -2.31. The van der Waals surface area contributed by atoms with E-state index in [1.165, 1.54) is 0 Å². The van der Waals surface area contributed by atoms with Crippen LogP contribution in [0.5, 0.6) is 0 Å². The molecule has 0 spiro atoms. The van der Waals surface area contributed by atoms with Gasteiger partial charge in [0.2, 0.25) is 23.4 Å². The third kappa shape index (κ3) is 4.33. The van der Waals surface area contributed by atoms with E-state index >= 15 is 0 Å². The molecule has 2 N–H and O–H groups in total. The maximum absolute atomic E-state index is 13.5. The van der Waals surface area contributed by atoms with E-state index in [0.29, 0.717) is 11.4 Å². The molecule has 0 fully saturated rings. The van der Waals surface area contributed by atoms with Crippen molar-refractivity contribution >= 4 is 11.6 Å². The highest BCUT2D eigenvalue weighted by atomic mass is 19.2. The summed E-state index contributed by atoms with van der Waals surface area (Å²) in [5.41, 5.74) is 3.95. The van der Waals surface area contributed by atoms with Crippen LogP contribution in [0.1, 0.15) is 17.9 Å². The van der Waals surface area contributed by atoms with Crippen molar-refractivity contribution in [1.82, 2.24) is 15.6 Å². The van der Waals surface area contributed by atoms with Gasteiger partial charge in [-0.1, -0.05) is 35.0 Å². The van der Waals surface area contributed by atoms with E-state index in [1.54, 1.807) is 17.6 Å². The number of carbonyl (C=O) groups excluding carboxylic acids is 1. The second-order valence-electron chi connectivity index (χ2n) is 6.00. The third-order valence-corrected chi connectivity index (χ3v) is 3.88. The molecule has 11 heteroatoms. The van der Waals surface area contributed by atoms with Crippen molar-refractivity contribution in [3.63, 3.8) is 0 Å². The van der Waals surface area contributed by atoms with Gasteiger partial charge in [0.1, 0.15) is 5.69 Å². The lowest BCUT2D eigenvalue weighted by atomic mass is 10.1. The molecule has 0 unspecified atom stereocenters. The van der Waals surface area contributed by atoms with E-state index in [1.807, 2.05) is 24.5 Å². The maximum atomic E-state index is 13.5. The Morgan fingerprint density at radius 3 is 2.17 bits per heavy atom. The summed E-state index contributed by atoms with van der Waals surface area (Å²) in [6.07, 6.45) is -0.262. The SMILES string of the molecule is Cc1ccc(-c2noc(CCC(=O)NNc3c(F)c(F)c(F)c(F)c3F)n2)cc1. The largest absolute Gasteiger partial charge is 0.339 e. The first-order valence-electron chi connectivity index (χ1n) is 8.24. The summed E-state index contributed by atoms with van der Waals surface area (Å²) in [5, 5.41) is 3.79.